The number of amides is 2. The van der Waals surface area contributed by atoms with Crippen molar-refractivity contribution in [2.75, 3.05) is 20.1 Å². The summed E-state index contributed by atoms with van der Waals surface area (Å²) < 4.78 is 2.29. The van der Waals surface area contributed by atoms with Crippen LogP contribution in [0.4, 0.5) is 0 Å². The minimum absolute atomic E-state index is 0.0540. The molecular formula is C30H35N5O2. The van der Waals surface area contributed by atoms with Gasteiger partial charge in [-0.25, -0.2) is 0 Å². The molecule has 0 bridgehead atoms. The van der Waals surface area contributed by atoms with E-state index in [1.807, 2.05) is 30.6 Å². The largest absolute Gasteiger partial charge is 0.359 e. The number of nitrogens with one attached hydrogen (secondary N) is 2. The summed E-state index contributed by atoms with van der Waals surface area (Å²) in [5, 5.41) is 7.46. The number of aromatic nitrogens is 2. The summed E-state index contributed by atoms with van der Waals surface area (Å²) in [4.78, 5) is 32.8. The van der Waals surface area contributed by atoms with Crippen molar-refractivity contribution < 1.29 is 9.59 Å². The molecule has 2 fully saturated rings. The first-order chi connectivity index (χ1) is 18.1. The number of rotatable bonds is 8. The summed E-state index contributed by atoms with van der Waals surface area (Å²) in [5.41, 5.74) is 3.58. The molecule has 4 atom stereocenters. The highest BCUT2D eigenvalue weighted by atomic mass is 16.2. The zero-order valence-corrected chi connectivity index (χ0v) is 21.3. The third kappa shape index (κ3) is 4.68. The molecule has 3 aromatic rings. The lowest BCUT2D eigenvalue weighted by Gasteiger charge is -2.42. The number of allylic oxidation sites excluding steroid dienone is 1. The summed E-state index contributed by atoms with van der Waals surface area (Å²) >= 11 is 0. The van der Waals surface area contributed by atoms with E-state index >= 15 is 0 Å². The van der Waals surface area contributed by atoms with Gasteiger partial charge in [-0.05, 0) is 67.0 Å². The van der Waals surface area contributed by atoms with Crippen LogP contribution in [-0.4, -0.2) is 52.4 Å². The van der Waals surface area contributed by atoms with Gasteiger partial charge in [0.25, 0.3) is 0 Å². The van der Waals surface area contributed by atoms with Gasteiger partial charge in [-0.15, -0.1) is 0 Å². The van der Waals surface area contributed by atoms with E-state index in [1.54, 1.807) is 7.05 Å². The molecule has 2 amide bonds. The number of pyridine rings is 1. The Morgan fingerprint density at radius 1 is 1.11 bits per heavy atom. The molecule has 37 heavy (non-hydrogen) atoms. The van der Waals surface area contributed by atoms with E-state index < -0.39 is 0 Å². The van der Waals surface area contributed by atoms with Gasteiger partial charge in [0.15, 0.2) is 0 Å². The number of benzene rings is 1. The SMILES string of the molecule is CNC(=O)C1C=CC1[C@H]1CCNC[C@@H]1C(=O)N(Cc1cn(Cc2ccncc2)c2ccccc12)C1CC1. The van der Waals surface area contributed by atoms with Gasteiger partial charge in [0.1, 0.15) is 0 Å². The van der Waals surface area contributed by atoms with Crippen molar-refractivity contribution in [3.8, 4) is 0 Å². The maximum Gasteiger partial charge on any atom is 0.227 e. The molecule has 1 saturated heterocycles. The standard InChI is InChI=1S/C30H35N5O2/c1-31-29(36)26-9-8-24(26)25-12-15-33-16-27(25)30(37)35(22-6-7-22)19-21-18-34(17-20-10-13-32-14-11-20)28-5-3-2-4-23(21)28/h2-5,8-11,13-14,18,22,24-27,33H,6-7,12,15-17,19H2,1H3,(H,31,36)/t24?,25-,26?,27+/m1/s1. The highest BCUT2D eigenvalue weighted by Gasteiger charge is 2.46. The third-order valence-corrected chi connectivity index (χ3v) is 8.44. The smallest absolute Gasteiger partial charge is 0.227 e. The quantitative estimate of drug-likeness (QED) is 0.468. The lowest BCUT2D eigenvalue weighted by Crippen LogP contribution is -2.52. The first-order valence-electron chi connectivity index (χ1n) is 13.5. The van der Waals surface area contributed by atoms with Crippen LogP contribution in [0, 0.1) is 23.7 Å². The highest BCUT2D eigenvalue weighted by Crippen LogP contribution is 2.41. The number of carbonyl (C=O) groups excluding carboxylic acids is 2. The number of nitrogens with zero attached hydrogens (tertiary/aromatic N) is 3. The van der Waals surface area contributed by atoms with Crippen molar-refractivity contribution in [2.45, 2.75) is 38.4 Å². The number of carbonyl (C=O) groups is 2. The van der Waals surface area contributed by atoms with E-state index in [-0.39, 0.29) is 35.5 Å². The second kappa shape index (κ2) is 10.1. The number of para-hydroxylation sites is 1. The fourth-order valence-electron chi connectivity index (χ4n) is 6.23. The summed E-state index contributed by atoms with van der Waals surface area (Å²) in [5.74, 6) is 0.389. The molecule has 192 valence electrons. The van der Waals surface area contributed by atoms with Crippen molar-refractivity contribution in [1.29, 1.82) is 0 Å². The Balaban J connectivity index is 1.26. The van der Waals surface area contributed by atoms with Gasteiger partial charge in [-0.3, -0.25) is 14.6 Å². The minimum Gasteiger partial charge on any atom is -0.359 e. The predicted molar refractivity (Wildman–Crippen MR) is 144 cm³/mol. The van der Waals surface area contributed by atoms with Gasteiger partial charge >= 0.3 is 0 Å². The normalized spacial score (nSPS) is 25.0. The van der Waals surface area contributed by atoms with E-state index in [2.05, 4.69) is 61.6 Å². The van der Waals surface area contributed by atoms with Crippen molar-refractivity contribution in [1.82, 2.24) is 25.1 Å². The Morgan fingerprint density at radius 3 is 2.65 bits per heavy atom. The lowest BCUT2D eigenvalue weighted by atomic mass is 9.66. The molecule has 0 radical (unpaired) electrons. The van der Waals surface area contributed by atoms with Crippen LogP contribution < -0.4 is 10.6 Å². The Morgan fingerprint density at radius 2 is 1.92 bits per heavy atom. The topological polar surface area (TPSA) is 79.3 Å². The van der Waals surface area contributed by atoms with E-state index in [0.717, 1.165) is 32.4 Å². The van der Waals surface area contributed by atoms with Crippen LogP contribution in [0.25, 0.3) is 10.9 Å². The van der Waals surface area contributed by atoms with Crippen molar-refractivity contribution >= 4 is 22.7 Å². The van der Waals surface area contributed by atoms with E-state index in [4.69, 9.17) is 0 Å². The van der Waals surface area contributed by atoms with E-state index in [9.17, 15) is 9.59 Å². The van der Waals surface area contributed by atoms with Crippen LogP contribution in [0.3, 0.4) is 0 Å². The monoisotopic (exact) mass is 497 g/mol. The van der Waals surface area contributed by atoms with Gasteiger partial charge in [-0.2, -0.15) is 0 Å². The lowest BCUT2D eigenvalue weighted by molar-refractivity contribution is -0.141. The molecule has 1 saturated carbocycles. The Bertz CT molecular complexity index is 1310. The average Bonchev–Trinajstić information content (AvgIpc) is 3.70. The second-order valence-electron chi connectivity index (χ2n) is 10.7. The molecule has 7 heteroatoms. The van der Waals surface area contributed by atoms with Crippen LogP contribution in [0.15, 0.2) is 67.1 Å². The Kier molecular flexibility index (Phi) is 6.55. The summed E-state index contributed by atoms with van der Waals surface area (Å²) in [6, 6.07) is 12.9. The molecule has 7 nitrogen and oxygen atoms in total. The Hall–Kier alpha value is -3.45. The number of hydrogen-bond donors (Lipinski definition) is 2. The minimum atomic E-state index is -0.121. The maximum absolute atomic E-state index is 14.2. The van der Waals surface area contributed by atoms with Gasteiger partial charge in [0, 0.05) is 62.2 Å². The summed E-state index contributed by atoms with van der Waals surface area (Å²) in [6.07, 6.45) is 13.1. The second-order valence-corrected chi connectivity index (χ2v) is 10.7. The molecule has 2 aromatic heterocycles. The van der Waals surface area contributed by atoms with Gasteiger partial charge in [0.05, 0.1) is 11.8 Å². The molecule has 2 N–H and O–H groups in total. The van der Waals surface area contributed by atoms with Crippen molar-refractivity contribution in [3.63, 3.8) is 0 Å². The van der Waals surface area contributed by atoms with Crippen LogP contribution in [-0.2, 0) is 22.7 Å². The molecule has 2 unspecified atom stereocenters. The van der Waals surface area contributed by atoms with Gasteiger partial charge in [-0.1, -0.05) is 30.4 Å². The molecular weight excluding hydrogens is 462 g/mol. The summed E-state index contributed by atoms with van der Waals surface area (Å²) in [7, 11) is 1.69. The van der Waals surface area contributed by atoms with E-state index in [0.29, 0.717) is 19.1 Å². The third-order valence-electron chi connectivity index (χ3n) is 8.44. The molecule has 3 heterocycles. The van der Waals surface area contributed by atoms with Crippen LogP contribution in [0.1, 0.15) is 30.4 Å². The van der Waals surface area contributed by atoms with Crippen LogP contribution in [0.2, 0.25) is 0 Å². The van der Waals surface area contributed by atoms with Crippen molar-refractivity contribution in [2.24, 2.45) is 23.7 Å². The molecule has 1 aliphatic heterocycles. The zero-order chi connectivity index (χ0) is 25.4. The predicted octanol–water partition coefficient (Wildman–Crippen LogP) is 3.35. The number of piperidine rings is 1. The Labute approximate surface area is 217 Å². The molecule has 1 aromatic carbocycles. The van der Waals surface area contributed by atoms with Gasteiger partial charge < -0.3 is 20.1 Å². The first-order valence-corrected chi connectivity index (χ1v) is 13.5. The molecule has 0 spiro atoms. The fraction of sp³-hybridized carbons (Fsp3) is 0.433. The zero-order valence-electron chi connectivity index (χ0n) is 21.3. The molecule has 2 aliphatic carbocycles. The van der Waals surface area contributed by atoms with Crippen LogP contribution >= 0.6 is 0 Å². The summed E-state index contributed by atoms with van der Waals surface area (Å²) in [6.45, 7) is 2.96. The van der Waals surface area contributed by atoms with Crippen molar-refractivity contribution in [3.05, 3.63) is 78.3 Å². The first kappa shape index (κ1) is 23.9. The van der Waals surface area contributed by atoms with E-state index in [1.165, 1.54) is 22.0 Å². The van der Waals surface area contributed by atoms with Gasteiger partial charge in [0.2, 0.25) is 11.8 Å². The molecule has 6 rings (SSSR count). The highest BCUT2D eigenvalue weighted by molar-refractivity contribution is 5.86. The number of fused-ring (bicyclic) bond motifs is 1. The average molecular weight is 498 g/mol. The molecule has 3 aliphatic rings. The maximum atomic E-state index is 14.2. The fourth-order valence-corrected chi connectivity index (χ4v) is 6.23. The van der Waals surface area contributed by atoms with Crippen LogP contribution in [0.5, 0.6) is 0 Å². The number of hydrogen-bond acceptors (Lipinski definition) is 4.